The van der Waals surface area contributed by atoms with Crippen LogP contribution in [0.5, 0.6) is 5.88 Å². The molecule has 0 aliphatic carbocycles. The summed E-state index contributed by atoms with van der Waals surface area (Å²) in [6.07, 6.45) is -4.48. The van der Waals surface area contributed by atoms with E-state index in [4.69, 9.17) is 0 Å². The van der Waals surface area contributed by atoms with Crippen LogP contribution in [0.4, 0.5) is 33.3 Å². The van der Waals surface area contributed by atoms with Crippen molar-refractivity contribution < 1.29 is 31.9 Å². The molecule has 2 aromatic heterocycles. The normalized spacial score (nSPS) is 17.9. The molecule has 13 heteroatoms. The van der Waals surface area contributed by atoms with Gasteiger partial charge >= 0.3 is 6.18 Å². The van der Waals surface area contributed by atoms with Gasteiger partial charge in [-0.25, -0.2) is 13.8 Å². The first-order valence-corrected chi connectivity index (χ1v) is 11.0. The first kappa shape index (κ1) is 26.1. The molecule has 0 bridgehead atoms. The summed E-state index contributed by atoms with van der Waals surface area (Å²) in [7, 11) is 3.36. The summed E-state index contributed by atoms with van der Waals surface area (Å²) in [6.45, 7) is -0.0131. The number of benzene rings is 1. The van der Waals surface area contributed by atoms with E-state index < -0.39 is 46.8 Å². The number of rotatable bonds is 5. The Morgan fingerprint density at radius 1 is 1.22 bits per heavy atom. The molecule has 1 amide bonds. The average molecular weight is 523 g/mol. The van der Waals surface area contributed by atoms with Crippen LogP contribution in [0.1, 0.15) is 15.9 Å². The number of pyridine rings is 2. The number of H-pyrrole nitrogens is 1. The molecule has 0 spiro atoms. The van der Waals surface area contributed by atoms with Crippen LogP contribution >= 0.6 is 0 Å². The summed E-state index contributed by atoms with van der Waals surface area (Å²) in [6, 6.07) is 4.57. The fourth-order valence-electron chi connectivity index (χ4n) is 4.21. The molecule has 0 unspecified atom stereocenters. The Labute approximate surface area is 207 Å². The summed E-state index contributed by atoms with van der Waals surface area (Å²) >= 11 is 0. The minimum Gasteiger partial charge on any atom is -0.493 e. The molecule has 3 aromatic rings. The molecule has 1 aromatic carbocycles. The zero-order chi connectivity index (χ0) is 27.1. The maximum Gasteiger partial charge on any atom is 0.417 e. The molecule has 1 saturated heterocycles. The maximum absolute atomic E-state index is 15.2. The lowest BCUT2D eigenvalue weighted by atomic mass is 10.0. The SMILES string of the molecule is CN(C)[C@@H]1CN(c2cc(F)c(-c3ccc(O)nc3)cc2NC(=O)c2c[nH]c(=O)cc2C(F)(F)F)C[C@H]1F. The summed E-state index contributed by atoms with van der Waals surface area (Å²) in [4.78, 5) is 33.4. The Balaban J connectivity index is 1.80. The van der Waals surface area contributed by atoms with Crippen molar-refractivity contribution in [2.75, 3.05) is 37.4 Å². The van der Waals surface area contributed by atoms with Crippen molar-refractivity contribution in [3.63, 3.8) is 0 Å². The molecule has 0 saturated carbocycles. The van der Waals surface area contributed by atoms with Gasteiger partial charge in [-0.2, -0.15) is 13.2 Å². The van der Waals surface area contributed by atoms with Crippen LogP contribution in [0.25, 0.3) is 11.1 Å². The van der Waals surface area contributed by atoms with Gasteiger partial charge in [0.25, 0.3) is 5.91 Å². The molecule has 4 rings (SSSR count). The number of nitrogens with one attached hydrogen (secondary N) is 2. The molecule has 1 aliphatic heterocycles. The number of halogens is 5. The molecular formula is C24H22F5N5O3. The number of likely N-dealkylation sites (N-methyl/N-ethyl adjacent to an activating group) is 1. The number of hydrogen-bond acceptors (Lipinski definition) is 6. The quantitative estimate of drug-likeness (QED) is 0.442. The first-order chi connectivity index (χ1) is 17.3. The van der Waals surface area contributed by atoms with Crippen LogP contribution in [0.15, 0.2) is 47.5 Å². The van der Waals surface area contributed by atoms with Gasteiger partial charge in [0.1, 0.15) is 12.0 Å². The van der Waals surface area contributed by atoms with Gasteiger partial charge in [-0.05, 0) is 32.3 Å². The van der Waals surface area contributed by atoms with E-state index in [1.807, 2.05) is 0 Å². The van der Waals surface area contributed by atoms with Gasteiger partial charge in [-0.15, -0.1) is 0 Å². The molecule has 196 valence electrons. The number of aromatic hydroxyl groups is 1. The third-order valence-electron chi connectivity index (χ3n) is 6.09. The van der Waals surface area contributed by atoms with Gasteiger partial charge in [-0.3, -0.25) is 9.59 Å². The van der Waals surface area contributed by atoms with E-state index in [-0.39, 0.29) is 47.5 Å². The Hall–Kier alpha value is -4.00. The second kappa shape index (κ2) is 9.81. The Bertz CT molecular complexity index is 1370. The molecule has 3 heterocycles. The molecule has 37 heavy (non-hydrogen) atoms. The Kier molecular flexibility index (Phi) is 6.91. The molecule has 2 atom stereocenters. The summed E-state index contributed by atoms with van der Waals surface area (Å²) in [5, 5.41) is 11.8. The lowest BCUT2D eigenvalue weighted by molar-refractivity contribution is -0.138. The number of anilines is 2. The standard InChI is InChI=1S/C24H22F5N5O3/c1-33(2)20-11-34(10-17(20)26)19-7-16(25)13(12-3-4-21(35)30-8-12)5-18(19)32-23(37)14-9-31-22(36)6-15(14)24(27,28)29/h3-9,17,20H,10-11H2,1-2H3,(H,30,35)(H,31,36)(H,32,37)/t17-,20-/m1/s1. The monoisotopic (exact) mass is 523 g/mol. The molecule has 8 nitrogen and oxygen atoms in total. The van der Waals surface area contributed by atoms with E-state index in [1.54, 1.807) is 19.0 Å². The average Bonchev–Trinajstić information content (AvgIpc) is 3.21. The van der Waals surface area contributed by atoms with Crippen LogP contribution in [-0.4, -0.2) is 65.3 Å². The number of nitrogens with zero attached hydrogens (tertiary/aromatic N) is 3. The lowest BCUT2D eigenvalue weighted by Crippen LogP contribution is -2.36. The lowest BCUT2D eigenvalue weighted by Gasteiger charge is -2.25. The largest absolute Gasteiger partial charge is 0.493 e. The third kappa shape index (κ3) is 5.40. The van der Waals surface area contributed by atoms with Gasteiger partial charge in [0, 0.05) is 42.2 Å². The van der Waals surface area contributed by atoms with E-state index >= 15 is 4.39 Å². The van der Waals surface area contributed by atoms with Crippen LogP contribution in [0.2, 0.25) is 0 Å². The summed E-state index contributed by atoms with van der Waals surface area (Å²) in [5.41, 5.74) is -3.22. The van der Waals surface area contributed by atoms with Crippen molar-refractivity contribution in [1.29, 1.82) is 0 Å². The van der Waals surface area contributed by atoms with E-state index in [9.17, 15) is 32.3 Å². The highest BCUT2D eigenvalue weighted by atomic mass is 19.4. The smallest absolute Gasteiger partial charge is 0.417 e. The first-order valence-electron chi connectivity index (χ1n) is 11.0. The minimum absolute atomic E-state index is 0.0614. The fourth-order valence-corrected chi connectivity index (χ4v) is 4.21. The summed E-state index contributed by atoms with van der Waals surface area (Å²) < 4.78 is 70.5. The van der Waals surface area contributed by atoms with Crippen molar-refractivity contribution in [2.45, 2.75) is 18.4 Å². The van der Waals surface area contributed by atoms with Crippen molar-refractivity contribution in [1.82, 2.24) is 14.9 Å². The zero-order valence-electron chi connectivity index (χ0n) is 19.6. The topological polar surface area (TPSA) is 102 Å². The van der Waals surface area contributed by atoms with Crippen molar-refractivity contribution in [2.24, 2.45) is 0 Å². The molecule has 1 fully saturated rings. The predicted octanol–water partition coefficient (Wildman–Crippen LogP) is 3.64. The number of amides is 1. The Morgan fingerprint density at radius 3 is 2.54 bits per heavy atom. The van der Waals surface area contributed by atoms with Crippen molar-refractivity contribution >= 4 is 17.3 Å². The number of aromatic amines is 1. The van der Waals surface area contributed by atoms with Gasteiger partial charge in [0.15, 0.2) is 0 Å². The predicted molar refractivity (Wildman–Crippen MR) is 126 cm³/mol. The minimum atomic E-state index is -5.00. The summed E-state index contributed by atoms with van der Waals surface area (Å²) in [5.74, 6) is -2.29. The fraction of sp³-hybridized carbons (Fsp3) is 0.292. The van der Waals surface area contributed by atoms with Crippen LogP contribution in [0.3, 0.4) is 0 Å². The van der Waals surface area contributed by atoms with Gasteiger partial charge in [-0.1, -0.05) is 0 Å². The second-order valence-corrected chi connectivity index (χ2v) is 8.78. The molecular weight excluding hydrogens is 501 g/mol. The molecule has 0 radical (unpaired) electrons. The second-order valence-electron chi connectivity index (χ2n) is 8.78. The third-order valence-corrected chi connectivity index (χ3v) is 6.09. The van der Waals surface area contributed by atoms with Crippen LogP contribution < -0.4 is 15.8 Å². The zero-order valence-corrected chi connectivity index (χ0v) is 19.6. The van der Waals surface area contributed by atoms with E-state index in [2.05, 4.69) is 15.3 Å². The van der Waals surface area contributed by atoms with Crippen LogP contribution in [-0.2, 0) is 6.18 Å². The highest BCUT2D eigenvalue weighted by molar-refractivity contribution is 6.07. The van der Waals surface area contributed by atoms with Crippen molar-refractivity contribution in [3.05, 3.63) is 70.0 Å². The number of aromatic nitrogens is 2. The molecule has 1 aliphatic rings. The number of hydrogen-bond donors (Lipinski definition) is 3. The van der Waals surface area contributed by atoms with E-state index in [0.29, 0.717) is 6.20 Å². The highest BCUT2D eigenvalue weighted by Crippen LogP contribution is 2.38. The maximum atomic E-state index is 15.2. The van der Waals surface area contributed by atoms with Crippen molar-refractivity contribution in [3.8, 4) is 17.0 Å². The molecule has 3 N–H and O–H groups in total. The number of carbonyl (C=O) groups is 1. The van der Waals surface area contributed by atoms with Gasteiger partial charge in [0.2, 0.25) is 11.4 Å². The van der Waals surface area contributed by atoms with E-state index in [1.165, 1.54) is 29.3 Å². The Morgan fingerprint density at radius 2 is 1.95 bits per heavy atom. The highest BCUT2D eigenvalue weighted by Gasteiger charge is 2.38. The number of carbonyl (C=O) groups excluding carboxylic acids is 1. The van der Waals surface area contributed by atoms with Gasteiger partial charge in [0.05, 0.1) is 35.1 Å². The van der Waals surface area contributed by atoms with Crippen LogP contribution in [0, 0.1) is 5.82 Å². The van der Waals surface area contributed by atoms with Gasteiger partial charge < -0.3 is 25.2 Å². The number of alkyl halides is 4. The van der Waals surface area contributed by atoms with E-state index in [0.717, 1.165) is 6.07 Å².